The van der Waals surface area contributed by atoms with Crippen molar-refractivity contribution in [3.05, 3.63) is 45.5 Å². The van der Waals surface area contributed by atoms with Crippen LogP contribution in [-0.2, 0) is 9.53 Å². The minimum atomic E-state index is -1.26. The van der Waals surface area contributed by atoms with Gasteiger partial charge in [-0.05, 0) is 25.1 Å². The molecular formula is C12H11NO6. The van der Waals surface area contributed by atoms with Crippen LogP contribution in [0.5, 0.6) is 0 Å². The fourth-order valence-corrected chi connectivity index (χ4v) is 1.32. The summed E-state index contributed by atoms with van der Waals surface area (Å²) in [5, 5.41) is 19.6. The summed E-state index contributed by atoms with van der Waals surface area (Å²) in [6.45, 7) is 1.83. The summed E-state index contributed by atoms with van der Waals surface area (Å²) >= 11 is 0. The summed E-state index contributed by atoms with van der Waals surface area (Å²) in [4.78, 5) is 31.9. The summed E-state index contributed by atoms with van der Waals surface area (Å²) in [5.74, 6) is -1.89. The highest BCUT2D eigenvalue weighted by Gasteiger charge is 2.15. The van der Waals surface area contributed by atoms with Gasteiger partial charge in [-0.25, -0.2) is 9.59 Å². The maximum absolute atomic E-state index is 11.1. The van der Waals surface area contributed by atoms with Crippen LogP contribution in [0.3, 0.4) is 0 Å². The van der Waals surface area contributed by atoms with E-state index in [-0.39, 0.29) is 23.4 Å². The average Bonchev–Trinajstić information content (AvgIpc) is 2.36. The third kappa shape index (κ3) is 3.91. The largest absolute Gasteiger partial charge is 0.478 e. The second-order valence-corrected chi connectivity index (χ2v) is 3.42. The van der Waals surface area contributed by atoms with Crippen molar-refractivity contribution < 1.29 is 24.4 Å². The van der Waals surface area contributed by atoms with E-state index in [0.29, 0.717) is 0 Å². The van der Waals surface area contributed by atoms with Gasteiger partial charge in [-0.1, -0.05) is 0 Å². The van der Waals surface area contributed by atoms with Gasteiger partial charge in [-0.15, -0.1) is 0 Å². The molecule has 0 amide bonds. The lowest BCUT2D eigenvalue weighted by atomic mass is 10.1. The predicted molar refractivity (Wildman–Crippen MR) is 65.7 cm³/mol. The Balaban J connectivity index is 3.10. The molecule has 1 aromatic carbocycles. The number of carbonyl (C=O) groups is 2. The second-order valence-electron chi connectivity index (χ2n) is 3.42. The summed E-state index contributed by atoms with van der Waals surface area (Å²) in [6.07, 6.45) is 2.26. The van der Waals surface area contributed by atoms with E-state index >= 15 is 0 Å². The lowest BCUT2D eigenvalue weighted by Gasteiger charge is -2.00. The Morgan fingerprint density at radius 3 is 2.68 bits per heavy atom. The topological polar surface area (TPSA) is 107 Å². The number of nitro benzene ring substituents is 1. The van der Waals surface area contributed by atoms with E-state index in [1.807, 2.05) is 0 Å². The second kappa shape index (κ2) is 6.29. The molecule has 1 N–H and O–H groups in total. The minimum Gasteiger partial charge on any atom is -0.478 e. The molecule has 0 unspecified atom stereocenters. The third-order valence-electron chi connectivity index (χ3n) is 2.16. The van der Waals surface area contributed by atoms with Crippen LogP contribution in [-0.4, -0.2) is 28.6 Å². The molecule has 0 aliphatic heterocycles. The molecule has 0 spiro atoms. The van der Waals surface area contributed by atoms with Crippen molar-refractivity contribution in [2.75, 3.05) is 6.61 Å². The highest BCUT2D eigenvalue weighted by Crippen LogP contribution is 2.21. The van der Waals surface area contributed by atoms with E-state index in [4.69, 9.17) is 5.11 Å². The average molecular weight is 265 g/mol. The number of carbonyl (C=O) groups excluding carboxylic acids is 1. The van der Waals surface area contributed by atoms with Gasteiger partial charge in [0.25, 0.3) is 5.69 Å². The van der Waals surface area contributed by atoms with Gasteiger partial charge >= 0.3 is 11.9 Å². The van der Waals surface area contributed by atoms with E-state index in [2.05, 4.69) is 4.74 Å². The van der Waals surface area contributed by atoms with Crippen LogP contribution in [0.1, 0.15) is 22.8 Å². The molecule has 100 valence electrons. The smallest absolute Gasteiger partial charge is 0.335 e. The first kappa shape index (κ1) is 14.4. The van der Waals surface area contributed by atoms with Crippen molar-refractivity contribution >= 4 is 23.7 Å². The monoisotopic (exact) mass is 265 g/mol. The van der Waals surface area contributed by atoms with Crippen LogP contribution < -0.4 is 0 Å². The van der Waals surface area contributed by atoms with Crippen LogP contribution in [0.25, 0.3) is 6.08 Å². The summed E-state index contributed by atoms with van der Waals surface area (Å²) in [5.41, 5.74) is -0.455. The molecule has 7 nitrogen and oxygen atoms in total. The van der Waals surface area contributed by atoms with E-state index in [9.17, 15) is 19.7 Å². The van der Waals surface area contributed by atoms with Crippen LogP contribution in [0.2, 0.25) is 0 Å². The molecule has 1 aromatic rings. The van der Waals surface area contributed by atoms with Gasteiger partial charge in [-0.2, -0.15) is 0 Å². The van der Waals surface area contributed by atoms with Crippen molar-refractivity contribution in [1.82, 2.24) is 0 Å². The number of carboxylic acid groups (broad SMARTS) is 1. The zero-order chi connectivity index (χ0) is 14.4. The van der Waals surface area contributed by atoms with Gasteiger partial charge in [0.05, 0.1) is 22.7 Å². The number of hydrogen-bond acceptors (Lipinski definition) is 5. The van der Waals surface area contributed by atoms with E-state index in [0.717, 1.165) is 12.1 Å². The molecule has 19 heavy (non-hydrogen) atoms. The van der Waals surface area contributed by atoms with E-state index < -0.39 is 16.9 Å². The fraction of sp³-hybridized carbons (Fsp3) is 0.167. The lowest BCUT2D eigenvalue weighted by Crippen LogP contribution is -2.01. The maximum Gasteiger partial charge on any atom is 0.335 e. The van der Waals surface area contributed by atoms with Gasteiger partial charge in [0, 0.05) is 12.1 Å². The number of carboxylic acids is 1. The highest BCUT2D eigenvalue weighted by molar-refractivity contribution is 5.91. The SMILES string of the molecule is CCOC(=O)/C=C/c1ccc(C(=O)O)cc1[N+](=O)[O-]. The summed E-state index contributed by atoms with van der Waals surface area (Å²) in [7, 11) is 0. The predicted octanol–water partition coefficient (Wildman–Crippen LogP) is 1.87. The van der Waals surface area contributed by atoms with Gasteiger partial charge in [-0.3, -0.25) is 10.1 Å². The molecule has 0 radical (unpaired) electrons. The minimum absolute atomic E-state index is 0.128. The van der Waals surface area contributed by atoms with Crippen LogP contribution in [0.15, 0.2) is 24.3 Å². The molecule has 0 aliphatic carbocycles. The zero-order valence-corrected chi connectivity index (χ0v) is 10.0. The third-order valence-corrected chi connectivity index (χ3v) is 2.16. The highest BCUT2D eigenvalue weighted by atomic mass is 16.6. The molecule has 0 fully saturated rings. The van der Waals surface area contributed by atoms with E-state index in [1.54, 1.807) is 6.92 Å². The fourth-order valence-electron chi connectivity index (χ4n) is 1.32. The van der Waals surface area contributed by atoms with Crippen molar-refractivity contribution in [3.63, 3.8) is 0 Å². The number of nitrogens with zero attached hydrogens (tertiary/aromatic N) is 1. The van der Waals surface area contributed by atoms with Crippen LogP contribution >= 0.6 is 0 Å². The van der Waals surface area contributed by atoms with Crippen molar-refractivity contribution in [2.45, 2.75) is 6.92 Å². The molecule has 0 aliphatic rings. The Morgan fingerprint density at radius 1 is 1.47 bits per heavy atom. The van der Waals surface area contributed by atoms with Gasteiger partial charge in [0.1, 0.15) is 0 Å². The van der Waals surface area contributed by atoms with Gasteiger partial charge in [0.15, 0.2) is 0 Å². The Kier molecular flexibility index (Phi) is 4.76. The Bertz CT molecular complexity index is 549. The number of hydrogen-bond donors (Lipinski definition) is 1. The Morgan fingerprint density at radius 2 is 2.16 bits per heavy atom. The molecule has 0 saturated heterocycles. The summed E-state index contributed by atoms with van der Waals surface area (Å²) in [6, 6.07) is 3.42. The number of rotatable bonds is 5. The van der Waals surface area contributed by atoms with Gasteiger partial charge in [0.2, 0.25) is 0 Å². The quantitative estimate of drug-likeness (QED) is 0.377. The first-order valence-electron chi connectivity index (χ1n) is 5.32. The number of esters is 1. The van der Waals surface area contributed by atoms with Crippen LogP contribution in [0.4, 0.5) is 5.69 Å². The molecule has 0 aromatic heterocycles. The van der Waals surface area contributed by atoms with Crippen LogP contribution in [0, 0.1) is 10.1 Å². The normalized spacial score (nSPS) is 10.4. The molecule has 1 rings (SSSR count). The maximum atomic E-state index is 11.1. The first-order valence-corrected chi connectivity index (χ1v) is 5.32. The first-order chi connectivity index (χ1) is 8.95. The lowest BCUT2D eigenvalue weighted by molar-refractivity contribution is -0.385. The Labute approximate surface area is 108 Å². The molecule has 0 saturated carbocycles. The molecule has 0 bridgehead atoms. The number of benzene rings is 1. The number of nitro groups is 1. The van der Waals surface area contributed by atoms with Crippen molar-refractivity contribution in [2.24, 2.45) is 0 Å². The molecule has 0 heterocycles. The standard InChI is InChI=1S/C12H11NO6/c1-2-19-11(14)6-5-8-3-4-9(12(15)16)7-10(8)13(17)18/h3-7H,2H2,1H3,(H,15,16)/b6-5+. The molecule has 7 heteroatoms. The van der Waals surface area contributed by atoms with Crippen molar-refractivity contribution in [3.8, 4) is 0 Å². The molecule has 0 atom stereocenters. The summed E-state index contributed by atoms with van der Waals surface area (Å²) < 4.78 is 4.64. The number of aromatic carboxylic acids is 1. The van der Waals surface area contributed by atoms with E-state index in [1.165, 1.54) is 18.2 Å². The van der Waals surface area contributed by atoms with Gasteiger partial charge < -0.3 is 9.84 Å². The van der Waals surface area contributed by atoms with Crippen molar-refractivity contribution in [1.29, 1.82) is 0 Å². The number of ether oxygens (including phenoxy) is 1. The Hall–Kier alpha value is -2.70. The zero-order valence-electron chi connectivity index (χ0n) is 10.0. The molecular weight excluding hydrogens is 254 g/mol.